The zero-order valence-electron chi connectivity index (χ0n) is 13.9. The van der Waals surface area contributed by atoms with Crippen LogP contribution >= 0.6 is 0 Å². The molecule has 0 aliphatic rings. The molecule has 0 radical (unpaired) electrons. The van der Waals surface area contributed by atoms with Crippen LogP contribution < -0.4 is 20.1 Å². The molecule has 5 nitrogen and oxygen atoms in total. The van der Waals surface area contributed by atoms with Crippen LogP contribution in [0.1, 0.15) is 11.1 Å². The second-order valence-corrected chi connectivity index (χ2v) is 5.29. The second-order valence-electron chi connectivity index (χ2n) is 5.29. The second kappa shape index (κ2) is 7.54. The van der Waals surface area contributed by atoms with E-state index < -0.39 is 0 Å². The standard InChI is InChI=1S/C18H22N2O3/c1-12-5-6-13(2)16(9-12)19-11-18(21)20-15-8-7-14(22-3)10-17(15)23-4/h5-10,19H,11H2,1-4H3,(H,20,21). The van der Waals surface area contributed by atoms with E-state index in [2.05, 4.69) is 10.6 Å². The average molecular weight is 314 g/mol. The molecule has 0 spiro atoms. The number of aryl methyl sites for hydroxylation is 2. The number of benzene rings is 2. The molecule has 1 amide bonds. The van der Waals surface area contributed by atoms with Gasteiger partial charge in [0.15, 0.2) is 0 Å². The molecule has 0 unspecified atom stereocenters. The minimum atomic E-state index is -0.144. The Kier molecular flexibility index (Phi) is 5.46. The number of hydrogen-bond acceptors (Lipinski definition) is 4. The molecule has 0 bridgehead atoms. The van der Waals surface area contributed by atoms with Crippen LogP contribution in [0.25, 0.3) is 0 Å². The molecular formula is C18H22N2O3. The van der Waals surface area contributed by atoms with E-state index in [1.54, 1.807) is 32.4 Å². The third-order valence-corrected chi connectivity index (χ3v) is 3.52. The molecule has 0 heterocycles. The molecule has 0 saturated heterocycles. The number of ether oxygens (including phenoxy) is 2. The van der Waals surface area contributed by atoms with Crippen LogP contribution in [0.5, 0.6) is 11.5 Å². The lowest BCUT2D eigenvalue weighted by molar-refractivity contribution is -0.114. The third kappa shape index (κ3) is 4.39. The van der Waals surface area contributed by atoms with Crippen LogP contribution in [0.2, 0.25) is 0 Å². The van der Waals surface area contributed by atoms with E-state index in [1.165, 1.54) is 0 Å². The van der Waals surface area contributed by atoms with E-state index in [4.69, 9.17) is 9.47 Å². The summed E-state index contributed by atoms with van der Waals surface area (Å²) in [5.41, 5.74) is 3.82. The molecule has 0 aliphatic carbocycles. The molecule has 2 aromatic carbocycles. The molecule has 0 atom stereocenters. The maximum atomic E-state index is 12.1. The Bertz CT molecular complexity index is 699. The Morgan fingerprint density at radius 2 is 1.78 bits per heavy atom. The third-order valence-electron chi connectivity index (χ3n) is 3.52. The first-order valence-corrected chi connectivity index (χ1v) is 7.36. The van der Waals surface area contributed by atoms with Gasteiger partial charge in [0.25, 0.3) is 0 Å². The molecular weight excluding hydrogens is 292 g/mol. The van der Waals surface area contributed by atoms with Crippen molar-refractivity contribution >= 4 is 17.3 Å². The lowest BCUT2D eigenvalue weighted by atomic mass is 10.1. The van der Waals surface area contributed by atoms with Crippen molar-refractivity contribution in [2.75, 3.05) is 31.4 Å². The minimum absolute atomic E-state index is 0.144. The van der Waals surface area contributed by atoms with Crippen molar-refractivity contribution in [3.63, 3.8) is 0 Å². The number of carbonyl (C=O) groups is 1. The topological polar surface area (TPSA) is 59.6 Å². The summed E-state index contributed by atoms with van der Waals surface area (Å²) in [6, 6.07) is 11.4. The average Bonchev–Trinajstić information content (AvgIpc) is 2.56. The first-order chi connectivity index (χ1) is 11.0. The van der Waals surface area contributed by atoms with Gasteiger partial charge in [-0.15, -0.1) is 0 Å². The van der Waals surface area contributed by atoms with Crippen LogP contribution in [0, 0.1) is 13.8 Å². The maximum absolute atomic E-state index is 12.1. The fourth-order valence-corrected chi connectivity index (χ4v) is 2.20. The fourth-order valence-electron chi connectivity index (χ4n) is 2.20. The van der Waals surface area contributed by atoms with Gasteiger partial charge >= 0.3 is 0 Å². The van der Waals surface area contributed by atoms with Crippen LogP contribution in [0.4, 0.5) is 11.4 Å². The fraction of sp³-hybridized carbons (Fsp3) is 0.278. The first kappa shape index (κ1) is 16.7. The van der Waals surface area contributed by atoms with Crippen LogP contribution in [-0.2, 0) is 4.79 Å². The molecule has 2 aromatic rings. The summed E-state index contributed by atoms with van der Waals surface area (Å²) in [6.07, 6.45) is 0. The van der Waals surface area contributed by atoms with Gasteiger partial charge in [-0.1, -0.05) is 12.1 Å². The molecule has 2 N–H and O–H groups in total. The van der Waals surface area contributed by atoms with Crippen molar-refractivity contribution < 1.29 is 14.3 Å². The number of hydrogen-bond donors (Lipinski definition) is 2. The highest BCUT2D eigenvalue weighted by atomic mass is 16.5. The molecule has 0 aromatic heterocycles. The summed E-state index contributed by atoms with van der Waals surface area (Å²) in [4.78, 5) is 12.1. The van der Waals surface area contributed by atoms with Crippen molar-refractivity contribution in [3.8, 4) is 11.5 Å². The summed E-state index contributed by atoms with van der Waals surface area (Å²) in [5, 5.41) is 5.99. The van der Waals surface area contributed by atoms with Crippen molar-refractivity contribution in [3.05, 3.63) is 47.5 Å². The Labute approximate surface area is 136 Å². The molecule has 2 rings (SSSR count). The van der Waals surface area contributed by atoms with Crippen LogP contribution in [0.3, 0.4) is 0 Å². The quantitative estimate of drug-likeness (QED) is 0.858. The SMILES string of the molecule is COc1ccc(NC(=O)CNc2cc(C)ccc2C)c(OC)c1. The molecule has 5 heteroatoms. The molecule has 122 valence electrons. The number of carbonyl (C=O) groups excluding carboxylic acids is 1. The van der Waals surface area contributed by atoms with Gasteiger partial charge in [-0.2, -0.15) is 0 Å². The first-order valence-electron chi connectivity index (χ1n) is 7.36. The van der Waals surface area contributed by atoms with Gasteiger partial charge in [0.2, 0.25) is 5.91 Å². The largest absolute Gasteiger partial charge is 0.497 e. The lowest BCUT2D eigenvalue weighted by Crippen LogP contribution is -2.22. The highest BCUT2D eigenvalue weighted by Crippen LogP contribution is 2.28. The van der Waals surface area contributed by atoms with E-state index in [-0.39, 0.29) is 12.5 Å². The highest BCUT2D eigenvalue weighted by molar-refractivity contribution is 5.95. The smallest absolute Gasteiger partial charge is 0.243 e. The number of rotatable bonds is 6. The van der Waals surface area contributed by atoms with E-state index in [0.717, 1.165) is 16.8 Å². The zero-order chi connectivity index (χ0) is 16.8. The molecule has 23 heavy (non-hydrogen) atoms. The maximum Gasteiger partial charge on any atom is 0.243 e. The lowest BCUT2D eigenvalue weighted by Gasteiger charge is -2.13. The molecule has 0 saturated carbocycles. The Balaban J connectivity index is 2.01. The molecule has 0 fully saturated rings. The van der Waals surface area contributed by atoms with Crippen LogP contribution in [-0.4, -0.2) is 26.7 Å². The summed E-state index contributed by atoms with van der Waals surface area (Å²) in [5.74, 6) is 1.09. The minimum Gasteiger partial charge on any atom is -0.497 e. The van der Waals surface area contributed by atoms with Gasteiger partial charge in [-0.3, -0.25) is 4.79 Å². The van der Waals surface area contributed by atoms with E-state index >= 15 is 0 Å². The Morgan fingerprint density at radius 3 is 2.48 bits per heavy atom. The number of methoxy groups -OCH3 is 2. The van der Waals surface area contributed by atoms with Crippen molar-refractivity contribution in [2.24, 2.45) is 0 Å². The predicted molar refractivity (Wildman–Crippen MR) is 92.6 cm³/mol. The van der Waals surface area contributed by atoms with E-state index in [0.29, 0.717) is 17.2 Å². The van der Waals surface area contributed by atoms with Gasteiger partial charge in [0, 0.05) is 11.8 Å². The molecule has 0 aliphatic heterocycles. The van der Waals surface area contributed by atoms with Gasteiger partial charge < -0.3 is 20.1 Å². The number of anilines is 2. The number of nitrogens with one attached hydrogen (secondary N) is 2. The Hall–Kier alpha value is -2.69. The summed E-state index contributed by atoms with van der Waals surface area (Å²) >= 11 is 0. The summed E-state index contributed by atoms with van der Waals surface area (Å²) in [7, 11) is 3.14. The zero-order valence-corrected chi connectivity index (χ0v) is 13.9. The van der Waals surface area contributed by atoms with Crippen molar-refractivity contribution in [1.29, 1.82) is 0 Å². The highest BCUT2D eigenvalue weighted by Gasteiger charge is 2.09. The Morgan fingerprint density at radius 1 is 1.00 bits per heavy atom. The van der Waals surface area contributed by atoms with Crippen LogP contribution in [0.15, 0.2) is 36.4 Å². The van der Waals surface area contributed by atoms with Gasteiger partial charge in [-0.05, 0) is 43.2 Å². The van der Waals surface area contributed by atoms with Crippen molar-refractivity contribution in [1.82, 2.24) is 0 Å². The monoisotopic (exact) mass is 314 g/mol. The van der Waals surface area contributed by atoms with E-state index in [9.17, 15) is 4.79 Å². The normalized spacial score (nSPS) is 10.1. The van der Waals surface area contributed by atoms with Gasteiger partial charge in [0.05, 0.1) is 26.5 Å². The predicted octanol–water partition coefficient (Wildman–Crippen LogP) is 3.37. The van der Waals surface area contributed by atoms with E-state index in [1.807, 2.05) is 32.0 Å². The van der Waals surface area contributed by atoms with Gasteiger partial charge in [0.1, 0.15) is 11.5 Å². The number of amides is 1. The van der Waals surface area contributed by atoms with Crippen molar-refractivity contribution in [2.45, 2.75) is 13.8 Å². The summed E-state index contributed by atoms with van der Waals surface area (Å²) < 4.78 is 10.4. The summed E-state index contributed by atoms with van der Waals surface area (Å²) in [6.45, 7) is 4.21. The van der Waals surface area contributed by atoms with Gasteiger partial charge in [-0.25, -0.2) is 0 Å².